The molecule has 8 heteroatoms. The van der Waals surface area contributed by atoms with Gasteiger partial charge in [0.1, 0.15) is 0 Å². The summed E-state index contributed by atoms with van der Waals surface area (Å²) in [5.41, 5.74) is 14.5. The van der Waals surface area contributed by atoms with Crippen molar-refractivity contribution in [2.75, 3.05) is 0 Å². The Morgan fingerprint density at radius 1 is 0.625 bits per heavy atom. The molecule has 0 aliphatic rings. The molecule has 7 nitrogen and oxygen atoms in total. The summed E-state index contributed by atoms with van der Waals surface area (Å²) in [6, 6.07) is 48.5. The van der Waals surface area contributed by atoms with Crippen LogP contribution in [-0.4, -0.2) is 24.5 Å². The molecule has 0 N–H and O–H groups in total. The van der Waals surface area contributed by atoms with Gasteiger partial charge in [-0.15, -0.1) is 54.1 Å². The third-order valence-corrected chi connectivity index (χ3v) is 11.6. The van der Waals surface area contributed by atoms with Crippen LogP contribution in [0.1, 0.15) is 104 Å². The van der Waals surface area contributed by atoms with Crippen LogP contribution in [0, 0.1) is 12.1 Å². The van der Waals surface area contributed by atoms with E-state index in [9.17, 15) is 0 Å². The van der Waals surface area contributed by atoms with E-state index in [0.29, 0.717) is 28.4 Å². The number of pyridine rings is 2. The number of imidazole rings is 1. The van der Waals surface area contributed by atoms with Crippen LogP contribution in [0.25, 0.3) is 83.8 Å². The van der Waals surface area contributed by atoms with Crippen molar-refractivity contribution < 1.29 is 28.9 Å². The fraction of sp³-hybridized carbons (Fsp3) is 0.250. The Balaban J connectivity index is 0.000000279. The first-order chi connectivity index (χ1) is 30.2. The number of benzene rings is 5. The molecule has 0 aliphatic heterocycles. The van der Waals surface area contributed by atoms with E-state index in [2.05, 4.69) is 169 Å². The van der Waals surface area contributed by atoms with Gasteiger partial charge >= 0.3 is 0 Å². The van der Waals surface area contributed by atoms with Crippen LogP contribution in [0.2, 0.25) is 0 Å². The van der Waals surface area contributed by atoms with Crippen LogP contribution in [0.3, 0.4) is 0 Å². The Hall–Kier alpha value is -6.21. The van der Waals surface area contributed by atoms with Crippen molar-refractivity contribution in [2.45, 2.75) is 91.9 Å². The van der Waals surface area contributed by atoms with Crippen LogP contribution in [0.15, 0.2) is 136 Å². The molecule has 0 fully saturated rings. The van der Waals surface area contributed by atoms with Crippen LogP contribution in [-0.2, 0) is 30.9 Å². The van der Waals surface area contributed by atoms with Crippen LogP contribution in [0.5, 0.6) is 0 Å². The molecule has 0 aliphatic carbocycles. The van der Waals surface area contributed by atoms with Gasteiger partial charge in [0.15, 0.2) is 5.58 Å². The second kappa shape index (κ2) is 17.4. The second-order valence-corrected chi connectivity index (χ2v) is 19.0. The number of fused-ring (bicyclic) bond motifs is 5. The molecule has 10 aromatic rings. The van der Waals surface area contributed by atoms with Crippen molar-refractivity contribution in [3.63, 3.8) is 0 Å². The van der Waals surface area contributed by atoms with Gasteiger partial charge in [-0.05, 0) is 87.2 Å². The van der Waals surface area contributed by atoms with Gasteiger partial charge in [0.05, 0.1) is 22.4 Å². The molecule has 0 amide bonds. The van der Waals surface area contributed by atoms with Gasteiger partial charge in [-0.25, -0.2) is 0 Å². The van der Waals surface area contributed by atoms with E-state index in [0.717, 1.165) is 50.1 Å². The molecule has 325 valence electrons. The monoisotopic (exact) mass is 1020 g/mol. The summed E-state index contributed by atoms with van der Waals surface area (Å²) in [5, 5.41) is 1.81. The molecule has 5 aromatic carbocycles. The first-order valence-electron chi connectivity index (χ1n) is 21.9. The fourth-order valence-electron chi connectivity index (χ4n) is 8.14. The van der Waals surface area contributed by atoms with Crippen molar-refractivity contribution in [3.8, 4) is 39.5 Å². The van der Waals surface area contributed by atoms with Gasteiger partial charge in [-0.2, -0.15) is 9.97 Å². The number of rotatable bonds is 6. The first kappa shape index (κ1) is 44.4. The van der Waals surface area contributed by atoms with E-state index in [1.54, 1.807) is 0 Å². The summed E-state index contributed by atoms with van der Waals surface area (Å²) in [4.78, 5) is 19.2. The van der Waals surface area contributed by atoms with Gasteiger partial charge < -0.3 is 18.4 Å². The van der Waals surface area contributed by atoms with Crippen molar-refractivity contribution in [3.05, 3.63) is 162 Å². The van der Waals surface area contributed by atoms with Crippen LogP contribution in [0.4, 0.5) is 0 Å². The molecule has 5 aromatic heterocycles. The molecule has 0 spiro atoms. The van der Waals surface area contributed by atoms with E-state index in [1.807, 2.05) is 54.7 Å². The zero-order valence-corrected chi connectivity index (χ0v) is 40.6. The Morgan fingerprint density at radius 3 is 2.00 bits per heavy atom. The number of aromatic nitrogens is 5. The van der Waals surface area contributed by atoms with Gasteiger partial charge in [-0.3, -0.25) is 4.98 Å². The first-order valence-corrected chi connectivity index (χ1v) is 21.9. The SMILES string of the molecule is CC(C)(C)c1ccnc(-c2[c-]cccc2)c1.CC(C)c1cc(-c2ccccc2)cc(C(C)C)c1-n1c(-c2[c-]ccc3c2oc2nc4nc(C(C)(C)C)oc4cc23)nc2ccccc21.[Ir]. The fourth-order valence-corrected chi connectivity index (χ4v) is 8.14. The molecule has 0 atom stereocenters. The number of hydrogen-bond donors (Lipinski definition) is 0. The number of oxazole rings is 1. The summed E-state index contributed by atoms with van der Waals surface area (Å²) in [5.74, 6) is 1.95. The van der Waals surface area contributed by atoms with E-state index in [4.69, 9.17) is 18.8 Å². The van der Waals surface area contributed by atoms with Crippen molar-refractivity contribution in [1.29, 1.82) is 0 Å². The molecule has 0 bridgehead atoms. The Labute approximate surface area is 389 Å². The number of furan rings is 1. The van der Waals surface area contributed by atoms with Crippen LogP contribution < -0.4 is 0 Å². The minimum Gasteiger partial charge on any atom is -0.486 e. The third-order valence-electron chi connectivity index (χ3n) is 11.6. The van der Waals surface area contributed by atoms with E-state index >= 15 is 0 Å². The largest absolute Gasteiger partial charge is 0.486 e. The van der Waals surface area contributed by atoms with Gasteiger partial charge in [0.2, 0.25) is 17.3 Å². The van der Waals surface area contributed by atoms with Gasteiger partial charge in [-0.1, -0.05) is 129 Å². The summed E-state index contributed by atoms with van der Waals surface area (Å²) in [6.45, 7) is 21.9. The standard InChI is InChI=1S/C41H37N4O2.C15H16N.Ir/c1-23(2)29-20-26(25-14-9-8-10-15-25)21-30(24(3)4)35(29)45-33-19-12-11-18-32(33)42-38(45)28-17-13-16-27-31-22-34-37(43-39(31)47-36(27)28)44-40(46-34)41(5,6)7;1-15(2,3)13-9-10-16-14(11-13)12-7-5-4-6-8-12;/h8-16,18-24H,1-7H3;4-7,9-11H,1-3H3;/q2*-1;. The second-order valence-electron chi connectivity index (χ2n) is 19.0. The van der Waals surface area contributed by atoms with Crippen molar-refractivity contribution in [1.82, 2.24) is 24.5 Å². The average Bonchev–Trinajstić information content (AvgIpc) is 3.99. The number of nitrogens with zero attached hydrogens (tertiary/aromatic N) is 5. The number of hydrogen-bond acceptors (Lipinski definition) is 6. The van der Waals surface area contributed by atoms with Crippen LogP contribution >= 0.6 is 0 Å². The topological polar surface area (TPSA) is 82.8 Å². The molecule has 0 saturated carbocycles. The van der Waals surface area contributed by atoms with E-state index in [1.165, 1.54) is 27.8 Å². The quantitative estimate of drug-likeness (QED) is 0.154. The van der Waals surface area contributed by atoms with Crippen molar-refractivity contribution in [2.24, 2.45) is 0 Å². The molecule has 5 heterocycles. The predicted octanol–water partition coefficient (Wildman–Crippen LogP) is 15.0. The Bertz CT molecular complexity index is 3230. The average molecular weight is 1020 g/mol. The molecule has 1 radical (unpaired) electrons. The summed E-state index contributed by atoms with van der Waals surface area (Å²) >= 11 is 0. The maximum Gasteiger partial charge on any atom is 0.218 e. The normalized spacial score (nSPS) is 12.1. The molecular weight excluding hydrogens is 967 g/mol. The third kappa shape index (κ3) is 8.45. The zero-order chi connectivity index (χ0) is 44.2. The minimum atomic E-state index is -0.228. The predicted molar refractivity (Wildman–Crippen MR) is 258 cm³/mol. The Morgan fingerprint density at radius 2 is 1.33 bits per heavy atom. The Kier molecular flexibility index (Phi) is 12.1. The number of para-hydroxylation sites is 2. The van der Waals surface area contributed by atoms with E-state index < -0.39 is 0 Å². The molecule has 0 unspecified atom stereocenters. The van der Waals surface area contributed by atoms with E-state index in [-0.39, 0.29) is 42.8 Å². The van der Waals surface area contributed by atoms with Gasteiger partial charge in [0, 0.05) is 42.8 Å². The summed E-state index contributed by atoms with van der Waals surface area (Å²) in [6.07, 6.45) is 1.87. The summed E-state index contributed by atoms with van der Waals surface area (Å²) < 4.78 is 15.1. The maximum absolute atomic E-state index is 6.58. The molecule has 10 rings (SSSR count). The maximum atomic E-state index is 6.58. The zero-order valence-electron chi connectivity index (χ0n) is 38.2. The molecule has 0 saturated heterocycles. The van der Waals surface area contributed by atoms with Gasteiger partial charge in [0.25, 0.3) is 0 Å². The molecule has 64 heavy (non-hydrogen) atoms. The minimum absolute atomic E-state index is 0. The summed E-state index contributed by atoms with van der Waals surface area (Å²) in [7, 11) is 0. The smallest absolute Gasteiger partial charge is 0.218 e. The molecular formula is C56H53IrN5O2-2. The van der Waals surface area contributed by atoms with Crippen molar-refractivity contribution >= 4 is 44.3 Å².